The van der Waals surface area contributed by atoms with E-state index in [0.29, 0.717) is 17.2 Å². The molecular weight excluding hydrogens is 250 g/mol. The molecule has 6 heteroatoms. The van der Waals surface area contributed by atoms with E-state index in [0.717, 1.165) is 0 Å². The molecule has 0 saturated heterocycles. The van der Waals surface area contributed by atoms with Gasteiger partial charge in [0.1, 0.15) is 0 Å². The maximum atomic E-state index is 11.8. The van der Waals surface area contributed by atoms with E-state index in [1.165, 1.54) is 19.1 Å². The normalized spacial score (nSPS) is 9.89. The average Bonchev–Trinajstić information content (AvgIpc) is 2.44. The molecule has 1 aromatic carbocycles. The van der Waals surface area contributed by atoms with Gasteiger partial charge in [0.25, 0.3) is 0 Å². The summed E-state index contributed by atoms with van der Waals surface area (Å²) in [6, 6.07) is 5.05. The molecule has 0 saturated carbocycles. The average molecular weight is 269 g/mol. The fourth-order valence-corrected chi connectivity index (χ4v) is 1.62. The summed E-state index contributed by atoms with van der Waals surface area (Å²) in [5.74, 6) is 1.08. The lowest BCUT2D eigenvalue weighted by molar-refractivity contribution is 0.157. The van der Waals surface area contributed by atoms with E-state index < -0.39 is 6.09 Å². The van der Waals surface area contributed by atoms with Crippen LogP contribution in [-0.2, 0) is 4.74 Å². The number of carbonyl (C=O) groups excluding carboxylic acids is 1. The first kappa shape index (κ1) is 15.1. The van der Waals surface area contributed by atoms with E-state index in [4.69, 9.17) is 19.3 Å². The Morgan fingerprint density at radius 3 is 2.47 bits per heavy atom. The summed E-state index contributed by atoms with van der Waals surface area (Å²) in [6.45, 7) is 1.99. The van der Waals surface area contributed by atoms with Crippen LogP contribution in [0.1, 0.15) is 6.92 Å². The van der Waals surface area contributed by atoms with Crippen molar-refractivity contribution in [2.45, 2.75) is 6.92 Å². The molecule has 0 bridgehead atoms. The summed E-state index contributed by atoms with van der Waals surface area (Å²) in [7, 11) is 3.05. The van der Waals surface area contributed by atoms with Gasteiger partial charge in [-0.3, -0.25) is 4.90 Å². The zero-order valence-electron chi connectivity index (χ0n) is 11.4. The monoisotopic (exact) mass is 269 g/mol. The third kappa shape index (κ3) is 3.75. The molecule has 1 amide bonds. The Bertz CT molecular complexity index is 421. The van der Waals surface area contributed by atoms with Crippen LogP contribution in [0.4, 0.5) is 10.5 Å². The highest BCUT2D eigenvalue weighted by Crippen LogP contribution is 2.31. The summed E-state index contributed by atoms with van der Waals surface area (Å²) in [4.78, 5) is 13.1. The van der Waals surface area contributed by atoms with Gasteiger partial charge in [-0.1, -0.05) is 0 Å². The molecule has 6 nitrogen and oxygen atoms in total. The molecule has 1 aromatic rings. The number of benzene rings is 1. The van der Waals surface area contributed by atoms with Crippen molar-refractivity contribution in [3.63, 3.8) is 0 Å². The number of carbonyl (C=O) groups is 1. The van der Waals surface area contributed by atoms with Gasteiger partial charge in [0.05, 0.1) is 39.7 Å². The third-order valence-electron chi connectivity index (χ3n) is 2.49. The molecule has 1 N–H and O–H groups in total. The van der Waals surface area contributed by atoms with Crippen molar-refractivity contribution in [3.8, 4) is 11.5 Å². The first-order valence-corrected chi connectivity index (χ1v) is 5.95. The molecule has 0 aliphatic heterocycles. The molecule has 0 aliphatic rings. The highest BCUT2D eigenvalue weighted by Gasteiger charge is 2.18. The van der Waals surface area contributed by atoms with Crippen LogP contribution in [0, 0.1) is 0 Å². The molecule has 0 spiro atoms. The van der Waals surface area contributed by atoms with Gasteiger partial charge in [0.15, 0.2) is 11.5 Å². The summed E-state index contributed by atoms with van der Waals surface area (Å²) >= 11 is 0. The third-order valence-corrected chi connectivity index (χ3v) is 2.49. The van der Waals surface area contributed by atoms with Gasteiger partial charge >= 0.3 is 6.09 Å². The zero-order valence-corrected chi connectivity index (χ0v) is 11.4. The molecule has 106 valence electrons. The van der Waals surface area contributed by atoms with E-state index in [-0.39, 0.29) is 19.8 Å². The van der Waals surface area contributed by atoms with E-state index in [1.54, 1.807) is 25.1 Å². The second-order valence-corrected chi connectivity index (χ2v) is 3.61. The standard InChI is InChI=1S/C13H19NO5/c1-4-19-13(16)14(7-8-15)10-5-6-11(17-2)12(9-10)18-3/h5-6,9,15H,4,7-8H2,1-3H3. The van der Waals surface area contributed by atoms with E-state index in [9.17, 15) is 4.79 Å². The molecule has 0 fully saturated rings. The SMILES string of the molecule is CCOC(=O)N(CCO)c1ccc(OC)c(OC)c1. The van der Waals surface area contributed by atoms with Crippen LogP contribution in [0.3, 0.4) is 0 Å². The molecule has 0 radical (unpaired) electrons. The number of aliphatic hydroxyl groups excluding tert-OH is 1. The number of nitrogens with zero attached hydrogens (tertiary/aromatic N) is 1. The molecule has 0 aromatic heterocycles. The largest absolute Gasteiger partial charge is 0.493 e. The maximum Gasteiger partial charge on any atom is 0.414 e. The number of ether oxygens (including phenoxy) is 3. The lowest BCUT2D eigenvalue weighted by Gasteiger charge is -2.22. The van der Waals surface area contributed by atoms with Crippen molar-refractivity contribution in [1.82, 2.24) is 0 Å². The van der Waals surface area contributed by atoms with Crippen LogP contribution in [0.25, 0.3) is 0 Å². The van der Waals surface area contributed by atoms with Gasteiger partial charge in [-0.05, 0) is 19.1 Å². The van der Waals surface area contributed by atoms with Crippen LogP contribution in [0.15, 0.2) is 18.2 Å². The lowest BCUT2D eigenvalue weighted by atomic mass is 10.2. The molecular formula is C13H19NO5. The second-order valence-electron chi connectivity index (χ2n) is 3.61. The smallest absolute Gasteiger partial charge is 0.414 e. The van der Waals surface area contributed by atoms with Crippen molar-refractivity contribution in [1.29, 1.82) is 0 Å². The zero-order chi connectivity index (χ0) is 14.3. The van der Waals surface area contributed by atoms with Gasteiger partial charge in [-0.2, -0.15) is 0 Å². The number of hydrogen-bond acceptors (Lipinski definition) is 5. The number of rotatable bonds is 6. The Morgan fingerprint density at radius 1 is 1.26 bits per heavy atom. The number of methoxy groups -OCH3 is 2. The predicted molar refractivity (Wildman–Crippen MR) is 71.0 cm³/mol. The summed E-state index contributed by atoms with van der Waals surface area (Å²) in [6.07, 6.45) is -0.510. The Labute approximate surface area is 112 Å². The molecule has 0 unspecified atom stereocenters. The first-order chi connectivity index (χ1) is 9.17. The van der Waals surface area contributed by atoms with Crippen molar-refractivity contribution in [2.24, 2.45) is 0 Å². The minimum Gasteiger partial charge on any atom is -0.493 e. The predicted octanol–water partition coefficient (Wildman–Crippen LogP) is 1.66. The van der Waals surface area contributed by atoms with Crippen molar-refractivity contribution in [3.05, 3.63) is 18.2 Å². The molecule has 0 atom stereocenters. The highest BCUT2D eigenvalue weighted by molar-refractivity contribution is 5.88. The number of hydrogen-bond donors (Lipinski definition) is 1. The molecule has 0 heterocycles. The minimum atomic E-state index is -0.510. The van der Waals surface area contributed by atoms with Crippen molar-refractivity contribution in [2.75, 3.05) is 38.9 Å². The molecule has 0 aliphatic carbocycles. The van der Waals surface area contributed by atoms with Crippen LogP contribution in [0.2, 0.25) is 0 Å². The van der Waals surface area contributed by atoms with E-state index >= 15 is 0 Å². The summed E-state index contributed by atoms with van der Waals surface area (Å²) in [5.41, 5.74) is 0.574. The maximum absolute atomic E-state index is 11.8. The van der Waals surface area contributed by atoms with Crippen molar-refractivity contribution >= 4 is 11.8 Å². The quantitative estimate of drug-likeness (QED) is 0.850. The Morgan fingerprint density at radius 2 is 1.95 bits per heavy atom. The van der Waals surface area contributed by atoms with Gasteiger partial charge in [0.2, 0.25) is 0 Å². The number of amides is 1. The Kier molecular flexibility index (Phi) is 5.95. The summed E-state index contributed by atoms with van der Waals surface area (Å²) in [5, 5.41) is 9.04. The van der Waals surface area contributed by atoms with Gasteiger partial charge < -0.3 is 19.3 Å². The van der Waals surface area contributed by atoms with Crippen LogP contribution >= 0.6 is 0 Å². The van der Waals surface area contributed by atoms with Crippen LogP contribution in [0.5, 0.6) is 11.5 Å². The Hall–Kier alpha value is -1.95. The topological polar surface area (TPSA) is 68.2 Å². The van der Waals surface area contributed by atoms with Gasteiger partial charge in [-0.15, -0.1) is 0 Å². The molecule has 19 heavy (non-hydrogen) atoms. The number of aliphatic hydroxyl groups is 1. The minimum absolute atomic E-state index is 0.147. The number of anilines is 1. The first-order valence-electron chi connectivity index (χ1n) is 5.95. The fourth-order valence-electron chi connectivity index (χ4n) is 1.62. The van der Waals surface area contributed by atoms with Crippen molar-refractivity contribution < 1.29 is 24.1 Å². The fraction of sp³-hybridized carbons (Fsp3) is 0.462. The van der Waals surface area contributed by atoms with Crippen LogP contribution < -0.4 is 14.4 Å². The van der Waals surface area contributed by atoms with Gasteiger partial charge in [-0.25, -0.2) is 4.79 Å². The van der Waals surface area contributed by atoms with Gasteiger partial charge in [0, 0.05) is 6.07 Å². The highest BCUT2D eigenvalue weighted by atomic mass is 16.6. The van der Waals surface area contributed by atoms with E-state index in [2.05, 4.69) is 0 Å². The van der Waals surface area contributed by atoms with Crippen LogP contribution in [-0.4, -0.2) is 45.2 Å². The second kappa shape index (κ2) is 7.48. The Balaban J connectivity index is 3.05. The lowest BCUT2D eigenvalue weighted by Crippen LogP contribution is -2.34. The molecule has 1 rings (SSSR count). The van der Waals surface area contributed by atoms with E-state index in [1.807, 2.05) is 0 Å². The summed E-state index contributed by atoms with van der Waals surface area (Å²) < 4.78 is 15.3.